The summed E-state index contributed by atoms with van der Waals surface area (Å²) in [6.07, 6.45) is -3.83. The first-order chi connectivity index (χ1) is 28.7. The number of esters is 1. The van der Waals surface area contributed by atoms with Gasteiger partial charge in [-0.05, 0) is 97.7 Å². The third kappa shape index (κ3) is 13.8. The van der Waals surface area contributed by atoms with E-state index in [1.807, 2.05) is 78.8 Å². The van der Waals surface area contributed by atoms with Gasteiger partial charge in [0.15, 0.2) is 18.7 Å². The molecule has 0 bridgehead atoms. The highest BCUT2D eigenvalue weighted by Gasteiger charge is 2.51. The Bertz CT molecular complexity index is 1500. The van der Waals surface area contributed by atoms with Gasteiger partial charge < -0.3 is 59.1 Å². The number of carbonyl (C=O) groups excluding carboxylic acids is 1. The van der Waals surface area contributed by atoms with Gasteiger partial charge in [0.25, 0.3) is 6.02 Å². The second kappa shape index (κ2) is 23.0. The maximum Gasteiger partial charge on any atom is 0.311 e. The molecule has 1 aromatic rings. The Morgan fingerprint density at radius 3 is 2.31 bits per heavy atom. The molecule has 4 rings (SSSR count). The fourth-order valence-electron chi connectivity index (χ4n) is 9.39. The van der Waals surface area contributed by atoms with Gasteiger partial charge in [0.05, 0.1) is 59.9 Å². The summed E-state index contributed by atoms with van der Waals surface area (Å²) < 4.78 is 46.0. The molecule has 0 amide bonds. The highest BCUT2D eigenvalue weighted by molar-refractivity contribution is 5.77. The highest BCUT2D eigenvalue weighted by atomic mass is 16.7. The van der Waals surface area contributed by atoms with Crippen LogP contribution in [0.5, 0.6) is 0 Å². The van der Waals surface area contributed by atoms with Gasteiger partial charge in [0.2, 0.25) is 0 Å². The van der Waals surface area contributed by atoms with E-state index >= 15 is 0 Å². The van der Waals surface area contributed by atoms with Crippen LogP contribution in [0.25, 0.3) is 0 Å². The fourth-order valence-corrected chi connectivity index (χ4v) is 9.39. The first-order valence-electron chi connectivity index (χ1n) is 22.9. The molecule has 14 heteroatoms. The fraction of sp³-hybridized carbons (Fsp3) is 0.830. The smallest absolute Gasteiger partial charge is 0.311 e. The lowest BCUT2D eigenvalue weighted by atomic mass is 9.77. The van der Waals surface area contributed by atoms with Crippen LogP contribution in [0.1, 0.15) is 115 Å². The Labute approximate surface area is 366 Å². The quantitative estimate of drug-likeness (QED) is 0.0979. The third-order valence-corrected chi connectivity index (χ3v) is 13.3. The van der Waals surface area contributed by atoms with Gasteiger partial charge in [-0.15, -0.1) is 0 Å². The lowest BCUT2D eigenvalue weighted by Gasteiger charge is -2.49. The van der Waals surface area contributed by atoms with Crippen LogP contribution in [0.2, 0.25) is 0 Å². The molecule has 3 fully saturated rings. The minimum absolute atomic E-state index is 0.0662. The number of aliphatic hydroxyl groups is 3. The maximum absolute atomic E-state index is 14.4. The first-order valence-corrected chi connectivity index (χ1v) is 22.9. The zero-order chi connectivity index (χ0) is 45.2. The predicted molar refractivity (Wildman–Crippen MR) is 235 cm³/mol. The van der Waals surface area contributed by atoms with Crippen molar-refractivity contribution in [1.82, 2.24) is 10.6 Å². The number of amidine groups is 1. The molecule has 3 aliphatic rings. The minimum atomic E-state index is -1.50. The van der Waals surface area contributed by atoms with Crippen LogP contribution in [0, 0.1) is 35.5 Å². The van der Waals surface area contributed by atoms with E-state index < -0.39 is 78.2 Å². The number of para-hydroxylation sites is 1. The number of aliphatic hydroxyl groups excluding tert-OH is 2. The lowest BCUT2D eigenvalue weighted by molar-refractivity contribution is -0.309. The molecular weight excluding hydrogens is 783 g/mol. The van der Waals surface area contributed by atoms with E-state index in [1.165, 1.54) is 0 Å². The Kier molecular flexibility index (Phi) is 19.3. The zero-order valence-corrected chi connectivity index (χ0v) is 39.3. The zero-order valence-electron chi connectivity index (χ0n) is 39.3. The van der Waals surface area contributed by atoms with Crippen LogP contribution in [-0.2, 0) is 38.0 Å². The van der Waals surface area contributed by atoms with Gasteiger partial charge in [-0.2, -0.15) is 4.99 Å². The van der Waals surface area contributed by atoms with Crippen LogP contribution in [-0.4, -0.2) is 127 Å². The van der Waals surface area contributed by atoms with Crippen molar-refractivity contribution in [3.05, 3.63) is 30.3 Å². The summed E-state index contributed by atoms with van der Waals surface area (Å²) in [4.78, 5) is 19.2. The van der Waals surface area contributed by atoms with Gasteiger partial charge in [0, 0.05) is 43.9 Å². The molecule has 3 heterocycles. The van der Waals surface area contributed by atoms with Crippen molar-refractivity contribution in [2.45, 2.75) is 188 Å². The number of hydrogen-bond acceptors (Lipinski definition) is 13. The Hall–Kier alpha value is -2.40. The molecule has 1 aromatic carbocycles. The van der Waals surface area contributed by atoms with E-state index in [0.717, 1.165) is 5.69 Å². The molecule has 0 spiro atoms. The van der Waals surface area contributed by atoms with Crippen LogP contribution in [0.4, 0.5) is 5.69 Å². The first kappa shape index (κ1) is 51.2. The normalized spacial score (nSPS) is 41.4. The topological polar surface area (TPSA) is 179 Å². The summed E-state index contributed by atoms with van der Waals surface area (Å²) in [5.74, 6) is -2.47. The van der Waals surface area contributed by atoms with Crippen LogP contribution < -0.4 is 10.6 Å². The highest BCUT2D eigenvalue weighted by Crippen LogP contribution is 2.41. The number of hydrogen-bond donors (Lipinski definition) is 5. The van der Waals surface area contributed by atoms with Crippen molar-refractivity contribution < 1.29 is 53.3 Å². The number of rotatable bonds is 11. The molecule has 0 saturated carbocycles. The Morgan fingerprint density at radius 1 is 1.00 bits per heavy atom. The number of benzene rings is 1. The van der Waals surface area contributed by atoms with E-state index in [4.69, 9.17) is 38.2 Å². The van der Waals surface area contributed by atoms with Crippen molar-refractivity contribution in [1.29, 1.82) is 0 Å². The van der Waals surface area contributed by atoms with Gasteiger partial charge >= 0.3 is 5.97 Å². The number of nitrogens with zero attached hydrogens (tertiary/aromatic N) is 1. The molecular formula is C47H81N3O11. The second-order valence-corrected chi connectivity index (χ2v) is 19.3. The molecule has 350 valence electrons. The molecule has 0 aromatic heterocycles. The number of methoxy groups -OCH3 is 1. The van der Waals surface area contributed by atoms with Crippen molar-refractivity contribution in [3.8, 4) is 0 Å². The number of carbonyl (C=O) groups is 1. The molecule has 5 N–H and O–H groups in total. The minimum Gasteiger partial charge on any atom is -0.462 e. The predicted octanol–water partition coefficient (Wildman–Crippen LogP) is 6.11. The summed E-state index contributed by atoms with van der Waals surface area (Å²) in [7, 11) is 1.61. The molecule has 1 unspecified atom stereocenters. The average Bonchev–Trinajstić information content (AvgIpc) is 3.21. The van der Waals surface area contributed by atoms with Gasteiger partial charge in [-0.25, -0.2) is 0 Å². The van der Waals surface area contributed by atoms with E-state index in [2.05, 4.69) is 31.4 Å². The number of ether oxygens (including phenoxy) is 7. The second-order valence-electron chi connectivity index (χ2n) is 19.3. The van der Waals surface area contributed by atoms with Gasteiger partial charge in [-0.3, -0.25) is 4.79 Å². The van der Waals surface area contributed by atoms with Crippen molar-refractivity contribution >= 4 is 17.7 Å². The van der Waals surface area contributed by atoms with E-state index in [9.17, 15) is 20.1 Å². The van der Waals surface area contributed by atoms with Crippen molar-refractivity contribution in [2.75, 3.05) is 26.8 Å². The van der Waals surface area contributed by atoms with E-state index in [0.29, 0.717) is 50.7 Å². The summed E-state index contributed by atoms with van der Waals surface area (Å²) in [5, 5.41) is 41.4. The Morgan fingerprint density at radius 2 is 1.69 bits per heavy atom. The van der Waals surface area contributed by atoms with Crippen LogP contribution >= 0.6 is 0 Å². The Balaban J connectivity index is 1.80. The van der Waals surface area contributed by atoms with Crippen molar-refractivity contribution in [2.24, 2.45) is 40.5 Å². The molecule has 0 aliphatic carbocycles. The molecule has 61 heavy (non-hydrogen) atoms. The van der Waals surface area contributed by atoms with E-state index in [1.54, 1.807) is 21.0 Å². The van der Waals surface area contributed by atoms with Crippen LogP contribution in [0.3, 0.4) is 0 Å². The number of aliphatic imine (C=N–C) groups is 1. The molecule has 3 saturated heterocycles. The summed E-state index contributed by atoms with van der Waals surface area (Å²) >= 11 is 0. The molecule has 17 atom stereocenters. The lowest BCUT2D eigenvalue weighted by Crippen LogP contribution is -2.58. The van der Waals surface area contributed by atoms with Crippen LogP contribution in [0.15, 0.2) is 35.3 Å². The third-order valence-electron chi connectivity index (χ3n) is 13.3. The van der Waals surface area contributed by atoms with E-state index in [-0.39, 0.29) is 42.9 Å². The monoisotopic (exact) mass is 864 g/mol. The standard InChI is InChI=1S/C47H81N3O11/c1-14-37-30(6)40(52)33(9)48-25-28(4)22-46(11,54)42(31(7)41(32(8)43(53)58-37)60-39-23-47(12,55-13)36(26-51)34(10)57-39)61-44-38(21-20-29(5)56-44)59-45(49-24-27(2)3)50-35-18-16-15-17-19-35/h15-19,27-34,36-42,44,48,51-52,54H,14,20-26H2,1-13H3,(H,49,50)/t28-,29-,30+,31+,32-,33-,34+,36?,37-,38-,39+,40+,41+,42-,44+,46-,47-/m1/s1. The summed E-state index contributed by atoms with van der Waals surface area (Å²) in [6.45, 7) is 24.3. The number of cyclic esters (lactones) is 1. The van der Waals surface area contributed by atoms with Gasteiger partial charge in [-0.1, -0.05) is 59.7 Å². The van der Waals surface area contributed by atoms with Crippen molar-refractivity contribution in [3.63, 3.8) is 0 Å². The largest absolute Gasteiger partial charge is 0.462 e. The summed E-state index contributed by atoms with van der Waals surface area (Å²) in [5.41, 5.74) is -1.56. The average molecular weight is 864 g/mol. The maximum atomic E-state index is 14.4. The molecule has 14 nitrogen and oxygen atoms in total. The molecule has 3 aliphatic heterocycles. The molecule has 0 radical (unpaired) electrons. The van der Waals surface area contributed by atoms with Gasteiger partial charge in [0.1, 0.15) is 6.10 Å². The number of nitrogens with one attached hydrogen (secondary N) is 2. The SMILES string of the molecule is CC[C@H]1OC(=O)[C@H](C)[C@@H](O[C@H]2C[C@@](C)(OC)C(CO)[C@H](C)O2)[C@H](C)[C@@H](O[C@@H]2O[C@H](C)CC[C@H]2O/C(=N/c2ccccc2)NCC(C)C)[C@](C)(O)C[C@@H](C)CN[C@H](C)[C@@H](O)[C@H]1C. The summed E-state index contributed by atoms with van der Waals surface area (Å²) in [6, 6.07) is 9.64.